The van der Waals surface area contributed by atoms with E-state index >= 15 is 4.39 Å². The third kappa shape index (κ3) is 5.78. The highest BCUT2D eigenvalue weighted by Gasteiger charge is 2.44. The molecule has 1 aromatic carbocycles. The highest BCUT2D eigenvalue weighted by Crippen LogP contribution is 2.39. The topological polar surface area (TPSA) is 76.6 Å². The minimum absolute atomic E-state index is 0.127. The van der Waals surface area contributed by atoms with Crippen LogP contribution in [0.2, 0.25) is 0 Å². The Balaban J connectivity index is 1.76. The molecule has 5 unspecified atom stereocenters. The zero-order chi connectivity index (χ0) is 23.6. The summed E-state index contributed by atoms with van der Waals surface area (Å²) in [7, 11) is 0. The van der Waals surface area contributed by atoms with Gasteiger partial charge < -0.3 is 5.11 Å². The first kappa shape index (κ1) is 24.9. The second-order valence-electron chi connectivity index (χ2n) is 9.31. The van der Waals surface area contributed by atoms with Gasteiger partial charge in [0.2, 0.25) is 0 Å². The second-order valence-corrected chi connectivity index (χ2v) is 9.31. The molecule has 6 nitrogen and oxygen atoms in total. The van der Waals surface area contributed by atoms with Crippen LogP contribution in [0.3, 0.4) is 0 Å². The molecule has 10 heteroatoms. The van der Waals surface area contributed by atoms with E-state index in [-0.39, 0.29) is 24.5 Å². The molecule has 6 atom stereocenters. The minimum Gasteiger partial charge on any atom is -0.480 e. The number of rotatable bonds is 7. The summed E-state index contributed by atoms with van der Waals surface area (Å²) in [5, 5.41) is 18.5. The lowest BCUT2D eigenvalue weighted by atomic mass is 9.99. The van der Waals surface area contributed by atoms with E-state index in [2.05, 4.69) is 16.0 Å². The molecule has 0 aromatic heterocycles. The molecule has 2 saturated heterocycles. The summed E-state index contributed by atoms with van der Waals surface area (Å²) in [5.74, 6) is -0.659. The maximum absolute atomic E-state index is 15.6. The molecule has 180 valence electrons. The smallest absolute Gasteiger partial charge is 0.416 e. The van der Waals surface area contributed by atoms with Crippen LogP contribution in [-0.4, -0.2) is 53.7 Å². The van der Waals surface area contributed by atoms with Gasteiger partial charge in [-0.2, -0.15) is 13.2 Å². The van der Waals surface area contributed by atoms with E-state index < -0.39 is 42.3 Å². The minimum atomic E-state index is -4.41. The Morgan fingerprint density at radius 3 is 2.47 bits per heavy atom. The van der Waals surface area contributed by atoms with Crippen molar-refractivity contribution in [2.24, 2.45) is 11.8 Å². The summed E-state index contributed by atoms with van der Waals surface area (Å²) >= 11 is 0. The summed E-state index contributed by atoms with van der Waals surface area (Å²) in [6, 6.07) is 3.94. The predicted octanol–water partition coefficient (Wildman–Crippen LogP) is 3.32. The molecule has 0 radical (unpaired) electrons. The summed E-state index contributed by atoms with van der Waals surface area (Å²) in [6.45, 7) is 6.71. The monoisotopic (exact) mass is 460 g/mol. The number of aliphatic carboxylic acids is 1. The average molecular weight is 461 g/mol. The lowest BCUT2D eigenvalue weighted by Crippen LogP contribution is -2.69. The standard InChI is InChI=1S/C22H32F4N4O2/c1-12(2)8-16(21(31)32)29-19-18(23)20(28-11-27-19)30-10-13(3)9-17(30)14-4-6-15(7-5-14)22(24,25)26/h4-7,12-13,16-20,27-29H,8-11H2,1-3H3,(H,31,32)/t13?,16-,17?,18?,19?,20?/m1/s1. The zero-order valence-corrected chi connectivity index (χ0v) is 18.5. The molecule has 0 aliphatic carbocycles. The summed E-state index contributed by atoms with van der Waals surface area (Å²) in [4.78, 5) is 13.6. The summed E-state index contributed by atoms with van der Waals surface area (Å²) in [6.07, 6.45) is -6.35. The molecule has 2 heterocycles. The number of nitrogens with one attached hydrogen (secondary N) is 3. The molecule has 4 N–H and O–H groups in total. The number of carboxylic acid groups (broad SMARTS) is 1. The second kappa shape index (κ2) is 10.0. The van der Waals surface area contributed by atoms with Crippen molar-refractivity contribution >= 4 is 5.97 Å². The SMILES string of the molecule is CC(C)C[C@@H](NC1NCNC(N2CC(C)CC2c2ccc(C(F)(F)F)cc2)C1F)C(=O)O. The van der Waals surface area contributed by atoms with E-state index in [1.165, 1.54) is 12.1 Å². The molecular formula is C22H32F4N4O2. The van der Waals surface area contributed by atoms with Crippen molar-refractivity contribution in [1.82, 2.24) is 20.9 Å². The van der Waals surface area contributed by atoms with Gasteiger partial charge in [0.15, 0.2) is 6.17 Å². The number of likely N-dealkylation sites (tertiary alicyclic amines) is 1. The van der Waals surface area contributed by atoms with E-state index in [0.29, 0.717) is 24.9 Å². The number of hydrogen-bond donors (Lipinski definition) is 4. The van der Waals surface area contributed by atoms with Crippen LogP contribution in [0, 0.1) is 11.8 Å². The van der Waals surface area contributed by atoms with Crippen molar-refractivity contribution in [3.63, 3.8) is 0 Å². The number of hydrogen-bond acceptors (Lipinski definition) is 5. The molecule has 3 rings (SSSR count). The van der Waals surface area contributed by atoms with Crippen molar-refractivity contribution < 1.29 is 27.5 Å². The number of nitrogens with zero attached hydrogens (tertiary/aromatic N) is 1. The van der Waals surface area contributed by atoms with Gasteiger partial charge in [-0.25, -0.2) is 4.39 Å². The van der Waals surface area contributed by atoms with Gasteiger partial charge in [-0.05, 0) is 42.4 Å². The Labute approximate surface area is 185 Å². The van der Waals surface area contributed by atoms with Gasteiger partial charge in [-0.1, -0.05) is 32.9 Å². The van der Waals surface area contributed by atoms with Crippen LogP contribution >= 0.6 is 0 Å². The lowest BCUT2D eigenvalue weighted by molar-refractivity contribution is -0.140. The van der Waals surface area contributed by atoms with Crippen LogP contribution in [0.5, 0.6) is 0 Å². The van der Waals surface area contributed by atoms with E-state index in [9.17, 15) is 23.1 Å². The fourth-order valence-electron chi connectivity index (χ4n) is 4.67. The first-order valence-corrected chi connectivity index (χ1v) is 11.0. The van der Waals surface area contributed by atoms with E-state index in [4.69, 9.17) is 0 Å². The number of carbonyl (C=O) groups is 1. The molecule has 0 spiro atoms. The van der Waals surface area contributed by atoms with E-state index in [0.717, 1.165) is 12.1 Å². The third-order valence-electron chi connectivity index (χ3n) is 6.17. The van der Waals surface area contributed by atoms with Gasteiger partial charge in [-0.15, -0.1) is 0 Å². The average Bonchev–Trinajstić information content (AvgIpc) is 3.09. The van der Waals surface area contributed by atoms with Gasteiger partial charge in [0, 0.05) is 19.3 Å². The van der Waals surface area contributed by atoms with Crippen LogP contribution in [0.4, 0.5) is 17.6 Å². The van der Waals surface area contributed by atoms with Gasteiger partial charge in [0.05, 0.1) is 17.9 Å². The molecular weight excluding hydrogens is 428 g/mol. The fourth-order valence-corrected chi connectivity index (χ4v) is 4.67. The Bertz CT molecular complexity index is 774. The Kier molecular flexibility index (Phi) is 7.80. The molecule has 2 fully saturated rings. The molecule has 32 heavy (non-hydrogen) atoms. The van der Waals surface area contributed by atoms with Crippen LogP contribution < -0.4 is 16.0 Å². The number of halogens is 4. The van der Waals surface area contributed by atoms with E-state index in [1.807, 2.05) is 25.7 Å². The van der Waals surface area contributed by atoms with Crippen molar-refractivity contribution in [3.8, 4) is 0 Å². The summed E-state index contributed by atoms with van der Waals surface area (Å²) in [5.41, 5.74) is -0.000976. The zero-order valence-electron chi connectivity index (χ0n) is 18.5. The Morgan fingerprint density at radius 2 is 1.91 bits per heavy atom. The van der Waals surface area contributed by atoms with Crippen LogP contribution in [0.1, 0.15) is 50.8 Å². The van der Waals surface area contributed by atoms with Gasteiger partial charge in [-0.3, -0.25) is 25.6 Å². The maximum Gasteiger partial charge on any atom is 0.416 e. The third-order valence-corrected chi connectivity index (χ3v) is 6.17. The van der Waals surface area contributed by atoms with Gasteiger partial charge in [0.1, 0.15) is 6.04 Å². The first-order valence-electron chi connectivity index (χ1n) is 11.0. The van der Waals surface area contributed by atoms with Gasteiger partial charge >= 0.3 is 12.1 Å². The lowest BCUT2D eigenvalue weighted by Gasteiger charge is -2.43. The number of alkyl halides is 4. The number of carboxylic acids is 1. The van der Waals surface area contributed by atoms with Crippen LogP contribution in [0.25, 0.3) is 0 Å². The molecule has 2 aliphatic rings. The maximum atomic E-state index is 15.6. The summed E-state index contributed by atoms with van der Waals surface area (Å²) < 4.78 is 54.4. The van der Waals surface area contributed by atoms with E-state index in [1.54, 1.807) is 0 Å². The van der Waals surface area contributed by atoms with Crippen molar-refractivity contribution in [2.75, 3.05) is 13.2 Å². The van der Waals surface area contributed by atoms with Crippen molar-refractivity contribution in [2.45, 2.75) is 70.4 Å². The molecule has 0 bridgehead atoms. The number of benzene rings is 1. The predicted molar refractivity (Wildman–Crippen MR) is 112 cm³/mol. The molecule has 2 aliphatic heterocycles. The van der Waals surface area contributed by atoms with Crippen LogP contribution in [0.15, 0.2) is 24.3 Å². The first-order chi connectivity index (χ1) is 15.0. The van der Waals surface area contributed by atoms with Crippen LogP contribution in [-0.2, 0) is 11.0 Å². The quantitative estimate of drug-likeness (QED) is 0.468. The highest BCUT2D eigenvalue weighted by atomic mass is 19.4. The van der Waals surface area contributed by atoms with Gasteiger partial charge in [0.25, 0.3) is 0 Å². The molecule has 0 amide bonds. The Hall–Kier alpha value is -1.75. The fraction of sp³-hybridized carbons (Fsp3) is 0.682. The van der Waals surface area contributed by atoms with Crippen molar-refractivity contribution in [3.05, 3.63) is 35.4 Å². The highest BCUT2D eigenvalue weighted by molar-refractivity contribution is 5.73. The molecule has 1 aromatic rings. The Morgan fingerprint density at radius 1 is 1.25 bits per heavy atom. The largest absolute Gasteiger partial charge is 0.480 e. The molecule has 0 saturated carbocycles. The normalized spacial score (nSPS) is 30.6. The van der Waals surface area contributed by atoms with Crippen molar-refractivity contribution in [1.29, 1.82) is 0 Å².